The number of anilines is 1. The van der Waals surface area contributed by atoms with Crippen LogP contribution in [0.1, 0.15) is 35.3 Å². The van der Waals surface area contributed by atoms with Crippen LogP contribution in [-0.4, -0.2) is 17.9 Å². The van der Waals surface area contributed by atoms with Crippen LogP contribution >= 0.6 is 0 Å². The van der Waals surface area contributed by atoms with E-state index < -0.39 is 6.10 Å². The van der Waals surface area contributed by atoms with Gasteiger partial charge < -0.3 is 15.4 Å². The Labute approximate surface area is 177 Å². The molecule has 0 saturated carbocycles. The molecule has 0 heterocycles. The molecule has 0 bridgehead atoms. The summed E-state index contributed by atoms with van der Waals surface area (Å²) < 4.78 is 5.72. The molecule has 1 atom stereocenters. The van der Waals surface area contributed by atoms with Gasteiger partial charge in [0.1, 0.15) is 5.75 Å². The van der Waals surface area contributed by atoms with E-state index in [4.69, 9.17) is 4.74 Å². The molecule has 5 heteroatoms. The van der Waals surface area contributed by atoms with Gasteiger partial charge in [0.05, 0.1) is 0 Å². The fourth-order valence-corrected chi connectivity index (χ4v) is 2.92. The minimum atomic E-state index is -0.673. The van der Waals surface area contributed by atoms with Gasteiger partial charge in [-0.05, 0) is 54.8 Å². The standard InChI is InChI=1S/C25H26N2O3/c1-3-19-12-14-23(15-13-19)30-18(2)24(28)27-22-11-7-10-21(16-22)25(29)26-17-20-8-5-4-6-9-20/h4-16,18H,3,17H2,1-2H3,(H,26,29)(H,27,28). The monoisotopic (exact) mass is 402 g/mol. The minimum absolute atomic E-state index is 0.199. The summed E-state index contributed by atoms with van der Waals surface area (Å²) in [6.45, 7) is 4.22. The molecule has 2 amide bonds. The van der Waals surface area contributed by atoms with E-state index in [-0.39, 0.29) is 11.8 Å². The Bertz CT molecular complexity index is 985. The van der Waals surface area contributed by atoms with Gasteiger partial charge in [-0.3, -0.25) is 9.59 Å². The predicted octanol–water partition coefficient (Wildman–Crippen LogP) is 4.59. The molecule has 3 aromatic carbocycles. The van der Waals surface area contributed by atoms with E-state index in [1.165, 1.54) is 5.56 Å². The number of rotatable bonds is 8. The van der Waals surface area contributed by atoms with Crippen LogP contribution in [0.2, 0.25) is 0 Å². The lowest BCUT2D eigenvalue weighted by atomic mass is 10.1. The Morgan fingerprint density at radius 3 is 2.33 bits per heavy atom. The molecule has 0 fully saturated rings. The normalized spacial score (nSPS) is 11.4. The molecule has 0 saturated heterocycles. The molecular formula is C25H26N2O3. The highest BCUT2D eigenvalue weighted by Gasteiger charge is 2.16. The van der Waals surface area contributed by atoms with E-state index in [1.54, 1.807) is 31.2 Å². The van der Waals surface area contributed by atoms with Crippen LogP contribution in [0.5, 0.6) is 5.75 Å². The van der Waals surface area contributed by atoms with Gasteiger partial charge in [-0.1, -0.05) is 55.5 Å². The molecule has 0 aliphatic carbocycles. The third-order valence-corrected chi connectivity index (χ3v) is 4.70. The van der Waals surface area contributed by atoms with Crippen molar-refractivity contribution in [3.05, 3.63) is 95.6 Å². The van der Waals surface area contributed by atoms with E-state index in [2.05, 4.69) is 17.6 Å². The Morgan fingerprint density at radius 1 is 0.900 bits per heavy atom. The number of benzene rings is 3. The largest absolute Gasteiger partial charge is 0.481 e. The zero-order valence-electron chi connectivity index (χ0n) is 17.2. The summed E-state index contributed by atoms with van der Waals surface area (Å²) in [6, 6.07) is 24.2. The van der Waals surface area contributed by atoms with E-state index in [0.29, 0.717) is 23.5 Å². The molecule has 5 nitrogen and oxygen atoms in total. The van der Waals surface area contributed by atoms with E-state index in [9.17, 15) is 9.59 Å². The number of carbonyl (C=O) groups is 2. The van der Waals surface area contributed by atoms with Crippen molar-refractivity contribution >= 4 is 17.5 Å². The quantitative estimate of drug-likeness (QED) is 0.579. The molecule has 0 radical (unpaired) electrons. The van der Waals surface area contributed by atoms with Gasteiger partial charge >= 0.3 is 0 Å². The highest BCUT2D eigenvalue weighted by molar-refractivity contribution is 5.98. The van der Waals surface area contributed by atoms with Crippen molar-refractivity contribution in [1.82, 2.24) is 5.32 Å². The van der Waals surface area contributed by atoms with E-state index in [0.717, 1.165) is 12.0 Å². The van der Waals surface area contributed by atoms with Crippen LogP contribution in [0.15, 0.2) is 78.9 Å². The van der Waals surface area contributed by atoms with Crippen LogP contribution in [0.4, 0.5) is 5.69 Å². The molecule has 0 spiro atoms. The molecule has 0 aliphatic rings. The summed E-state index contributed by atoms with van der Waals surface area (Å²) in [4.78, 5) is 24.9. The fraction of sp³-hybridized carbons (Fsp3) is 0.200. The van der Waals surface area contributed by atoms with Crippen molar-refractivity contribution in [2.75, 3.05) is 5.32 Å². The topological polar surface area (TPSA) is 67.4 Å². The molecule has 0 aromatic heterocycles. The first-order valence-electron chi connectivity index (χ1n) is 10.0. The van der Waals surface area contributed by atoms with Gasteiger partial charge in [-0.25, -0.2) is 0 Å². The van der Waals surface area contributed by atoms with Gasteiger partial charge in [-0.2, -0.15) is 0 Å². The fourth-order valence-electron chi connectivity index (χ4n) is 2.92. The first-order chi connectivity index (χ1) is 14.5. The molecule has 0 aliphatic heterocycles. The van der Waals surface area contributed by atoms with Gasteiger partial charge in [0, 0.05) is 17.8 Å². The SMILES string of the molecule is CCc1ccc(OC(C)C(=O)Nc2cccc(C(=O)NCc3ccccc3)c2)cc1. The van der Waals surface area contributed by atoms with E-state index in [1.807, 2.05) is 54.6 Å². The molecule has 3 rings (SSSR count). The van der Waals surface area contributed by atoms with Crippen LogP contribution in [-0.2, 0) is 17.8 Å². The average molecular weight is 402 g/mol. The third kappa shape index (κ3) is 5.95. The highest BCUT2D eigenvalue weighted by Crippen LogP contribution is 2.16. The second-order valence-corrected chi connectivity index (χ2v) is 7.00. The summed E-state index contributed by atoms with van der Waals surface area (Å²) in [7, 11) is 0. The molecule has 2 N–H and O–H groups in total. The predicted molar refractivity (Wildman–Crippen MR) is 119 cm³/mol. The van der Waals surface area contributed by atoms with Crippen molar-refractivity contribution in [3.63, 3.8) is 0 Å². The lowest BCUT2D eigenvalue weighted by molar-refractivity contribution is -0.122. The Morgan fingerprint density at radius 2 is 1.63 bits per heavy atom. The lowest BCUT2D eigenvalue weighted by Gasteiger charge is -2.15. The zero-order chi connectivity index (χ0) is 21.3. The van der Waals surface area contributed by atoms with Crippen LogP contribution < -0.4 is 15.4 Å². The number of hydrogen-bond donors (Lipinski definition) is 2. The van der Waals surface area contributed by atoms with Crippen LogP contribution in [0, 0.1) is 0 Å². The van der Waals surface area contributed by atoms with Gasteiger partial charge in [-0.15, -0.1) is 0 Å². The van der Waals surface area contributed by atoms with Crippen molar-refractivity contribution < 1.29 is 14.3 Å². The zero-order valence-corrected chi connectivity index (χ0v) is 17.2. The second kappa shape index (κ2) is 10.3. The van der Waals surface area contributed by atoms with Crippen molar-refractivity contribution in [3.8, 4) is 5.75 Å². The summed E-state index contributed by atoms with van der Waals surface area (Å²) in [5, 5.41) is 5.69. The number of aryl methyl sites for hydroxylation is 1. The van der Waals surface area contributed by atoms with Crippen molar-refractivity contribution in [2.24, 2.45) is 0 Å². The summed E-state index contributed by atoms with van der Waals surface area (Å²) in [5.74, 6) is 0.163. The molecule has 3 aromatic rings. The maximum absolute atomic E-state index is 12.5. The maximum Gasteiger partial charge on any atom is 0.265 e. The average Bonchev–Trinajstić information content (AvgIpc) is 2.78. The first kappa shape index (κ1) is 21.1. The third-order valence-electron chi connectivity index (χ3n) is 4.70. The molecule has 1 unspecified atom stereocenters. The van der Waals surface area contributed by atoms with Crippen molar-refractivity contribution in [1.29, 1.82) is 0 Å². The maximum atomic E-state index is 12.5. The lowest BCUT2D eigenvalue weighted by Crippen LogP contribution is -2.30. The Balaban J connectivity index is 1.56. The number of nitrogens with one attached hydrogen (secondary N) is 2. The summed E-state index contributed by atoms with van der Waals surface area (Å²) >= 11 is 0. The molecule has 154 valence electrons. The molecular weight excluding hydrogens is 376 g/mol. The number of carbonyl (C=O) groups excluding carboxylic acids is 2. The minimum Gasteiger partial charge on any atom is -0.481 e. The number of ether oxygens (including phenoxy) is 1. The second-order valence-electron chi connectivity index (χ2n) is 7.00. The molecule has 30 heavy (non-hydrogen) atoms. The Hall–Kier alpha value is -3.60. The van der Waals surface area contributed by atoms with Crippen molar-refractivity contribution in [2.45, 2.75) is 32.9 Å². The summed E-state index contributed by atoms with van der Waals surface area (Å²) in [6.07, 6.45) is 0.277. The van der Waals surface area contributed by atoms with Crippen LogP contribution in [0.3, 0.4) is 0 Å². The van der Waals surface area contributed by atoms with Gasteiger partial charge in [0.25, 0.3) is 11.8 Å². The van der Waals surface area contributed by atoms with Gasteiger partial charge in [0.15, 0.2) is 6.10 Å². The van der Waals surface area contributed by atoms with Gasteiger partial charge in [0.2, 0.25) is 0 Å². The summed E-state index contributed by atoms with van der Waals surface area (Å²) in [5.41, 5.74) is 3.26. The number of hydrogen-bond acceptors (Lipinski definition) is 3. The van der Waals surface area contributed by atoms with E-state index >= 15 is 0 Å². The smallest absolute Gasteiger partial charge is 0.265 e. The highest BCUT2D eigenvalue weighted by atomic mass is 16.5. The Kier molecular flexibility index (Phi) is 7.22. The van der Waals surface area contributed by atoms with Crippen LogP contribution in [0.25, 0.3) is 0 Å². The first-order valence-corrected chi connectivity index (χ1v) is 10.0. The number of amides is 2.